The van der Waals surface area contributed by atoms with Crippen LogP contribution in [0.4, 0.5) is 5.69 Å². The molecule has 0 amide bonds. The minimum atomic E-state index is -0.366. The molecule has 0 unspecified atom stereocenters. The van der Waals surface area contributed by atoms with Crippen molar-refractivity contribution in [2.45, 2.75) is 13.8 Å². The van der Waals surface area contributed by atoms with Crippen molar-refractivity contribution in [2.75, 3.05) is 0 Å². The van der Waals surface area contributed by atoms with E-state index in [1.807, 2.05) is 13.8 Å². The van der Waals surface area contributed by atoms with E-state index in [0.717, 1.165) is 10.4 Å². The SMILES string of the molecule is C[C](C)c1cc(Br)ccc1[N+](=O)[O-]. The van der Waals surface area contributed by atoms with Crippen LogP contribution in [0, 0.1) is 16.0 Å². The van der Waals surface area contributed by atoms with Crippen LogP contribution in [-0.4, -0.2) is 4.92 Å². The molecule has 0 aliphatic carbocycles. The predicted octanol–water partition coefficient (Wildman–Crippen LogP) is 3.32. The maximum Gasteiger partial charge on any atom is 0.273 e. The molecular formula is C9H9BrNO2. The molecule has 69 valence electrons. The zero-order valence-electron chi connectivity index (χ0n) is 7.37. The van der Waals surface area contributed by atoms with Crippen molar-refractivity contribution < 1.29 is 4.92 Å². The Hall–Kier alpha value is -0.900. The fourth-order valence-corrected chi connectivity index (χ4v) is 1.43. The van der Waals surface area contributed by atoms with Crippen LogP contribution in [-0.2, 0) is 0 Å². The van der Waals surface area contributed by atoms with E-state index in [1.54, 1.807) is 12.1 Å². The van der Waals surface area contributed by atoms with Crippen molar-refractivity contribution in [2.24, 2.45) is 0 Å². The summed E-state index contributed by atoms with van der Waals surface area (Å²) in [5.41, 5.74) is 0.836. The number of nitrogens with zero attached hydrogens (tertiary/aromatic N) is 1. The van der Waals surface area contributed by atoms with E-state index in [0.29, 0.717) is 5.56 Å². The monoisotopic (exact) mass is 242 g/mol. The number of halogens is 1. The lowest BCUT2D eigenvalue weighted by atomic mass is 10.0. The van der Waals surface area contributed by atoms with Gasteiger partial charge in [-0.2, -0.15) is 0 Å². The molecule has 1 aromatic carbocycles. The molecule has 0 aliphatic heterocycles. The van der Waals surface area contributed by atoms with Crippen LogP contribution < -0.4 is 0 Å². The van der Waals surface area contributed by atoms with Crippen molar-refractivity contribution in [1.29, 1.82) is 0 Å². The zero-order valence-corrected chi connectivity index (χ0v) is 8.96. The number of nitro groups is 1. The lowest BCUT2D eigenvalue weighted by Crippen LogP contribution is -1.97. The molecule has 0 atom stereocenters. The molecule has 0 fully saturated rings. The van der Waals surface area contributed by atoms with Gasteiger partial charge in [0.05, 0.1) is 4.92 Å². The number of hydrogen-bond donors (Lipinski definition) is 0. The van der Waals surface area contributed by atoms with E-state index in [1.165, 1.54) is 6.07 Å². The number of rotatable bonds is 2. The summed E-state index contributed by atoms with van der Waals surface area (Å²) in [5.74, 6) is 0.938. The van der Waals surface area contributed by atoms with Crippen LogP contribution in [0.2, 0.25) is 0 Å². The van der Waals surface area contributed by atoms with Crippen LogP contribution in [0.25, 0.3) is 0 Å². The summed E-state index contributed by atoms with van der Waals surface area (Å²) in [4.78, 5) is 10.2. The van der Waals surface area contributed by atoms with E-state index >= 15 is 0 Å². The van der Waals surface area contributed by atoms with E-state index in [2.05, 4.69) is 15.9 Å². The first kappa shape index (κ1) is 10.2. The maximum atomic E-state index is 10.6. The Balaban J connectivity index is 3.26. The van der Waals surface area contributed by atoms with Crippen molar-refractivity contribution in [3.05, 3.63) is 44.3 Å². The van der Waals surface area contributed by atoms with Crippen molar-refractivity contribution >= 4 is 21.6 Å². The molecule has 1 aromatic rings. The van der Waals surface area contributed by atoms with Crippen LogP contribution in [0.1, 0.15) is 19.4 Å². The molecule has 1 radical (unpaired) electrons. The Kier molecular flexibility index (Phi) is 3.03. The molecule has 0 bridgehead atoms. The Bertz CT molecular complexity index is 336. The standard InChI is InChI=1S/C9H9BrNO2/c1-6(2)8-5-7(10)3-4-9(8)11(12)13/h3-5H,1-2H3. The first-order valence-corrected chi connectivity index (χ1v) is 4.56. The van der Waals surface area contributed by atoms with Crippen molar-refractivity contribution in [1.82, 2.24) is 0 Å². The lowest BCUT2D eigenvalue weighted by Gasteiger charge is -2.05. The second-order valence-electron chi connectivity index (χ2n) is 2.92. The topological polar surface area (TPSA) is 43.1 Å². The smallest absolute Gasteiger partial charge is 0.258 e. The third-order valence-electron chi connectivity index (χ3n) is 1.69. The Labute approximate surface area is 85.0 Å². The highest BCUT2D eigenvalue weighted by Crippen LogP contribution is 2.28. The quantitative estimate of drug-likeness (QED) is 0.590. The van der Waals surface area contributed by atoms with Gasteiger partial charge in [0.15, 0.2) is 0 Å². The number of nitro benzene ring substituents is 1. The molecule has 0 N–H and O–H groups in total. The van der Waals surface area contributed by atoms with Crippen molar-refractivity contribution in [3.63, 3.8) is 0 Å². The second-order valence-corrected chi connectivity index (χ2v) is 3.83. The molecule has 0 heterocycles. The van der Waals surface area contributed by atoms with Gasteiger partial charge in [-0.15, -0.1) is 0 Å². The van der Waals surface area contributed by atoms with Gasteiger partial charge in [0.2, 0.25) is 0 Å². The van der Waals surface area contributed by atoms with Crippen LogP contribution in [0.5, 0.6) is 0 Å². The van der Waals surface area contributed by atoms with Crippen LogP contribution in [0.15, 0.2) is 22.7 Å². The molecule has 0 aliphatic rings. The Morgan fingerprint density at radius 3 is 2.54 bits per heavy atom. The van der Waals surface area contributed by atoms with Gasteiger partial charge in [0.25, 0.3) is 5.69 Å². The number of hydrogen-bond acceptors (Lipinski definition) is 2. The fourth-order valence-electron chi connectivity index (χ4n) is 1.07. The summed E-state index contributed by atoms with van der Waals surface area (Å²) < 4.78 is 0.856. The average Bonchev–Trinajstić information content (AvgIpc) is 2.03. The third kappa shape index (κ3) is 2.28. The van der Waals surface area contributed by atoms with Crippen molar-refractivity contribution in [3.8, 4) is 0 Å². The summed E-state index contributed by atoms with van der Waals surface area (Å²) in [7, 11) is 0. The minimum absolute atomic E-state index is 0.156. The summed E-state index contributed by atoms with van der Waals surface area (Å²) in [6.07, 6.45) is 0. The summed E-state index contributed by atoms with van der Waals surface area (Å²) >= 11 is 3.28. The number of benzene rings is 1. The first-order valence-electron chi connectivity index (χ1n) is 3.77. The van der Waals surface area contributed by atoms with E-state index in [-0.39, 0.29) is 10.6 Å². The Morgan fingerprint density at radius 2 is 2.08 bits per heavy atom. The van der Waals surface area contributed by atoms with Crippen LogP contribution in [0.3, 0.4) is 0 Å². The fraction of sp³-hybridized carbons (Fsp3) is 0.222. The van der Waals surface area contributed by atoms with E-state index in [4.69, 9.17) is 0 Å². The highest BCUT2D eigenvalue weighted by molar-refractivity contribution is 9.10. The minimum Gasteiger partial charge on any atom is -0.258 e. The maximum absolute atomic E-state index is 10.6. The van der Waals surface area contributed by atoms with E-state index < -0.39 is 0 Å². The first-order chi connectivity index (χ1) is 6.02. The molecule has 0 aromatic heterocycles. The van der Waals surface area contributed by atoms with Crippen LogP contribution >= 0.6 is 15.9 Å². The molecule has 3 nitrogen and oxygen atoms in total. The van der Waals surface area contributed by atoms with Gasteiger partial charge in [-0.1, -0.05) is 29.8 Å². The van der Waals surface area contributed by atoms with Gasteiger partial charge in [0.1, 0.15) is 0 Å². The lowest BCUT2D eigenvalue weighted by molar-refractivity contribution is -0.385. The van der Waals surface area contributed by atoms with E-state index in [9.17, 15) is 10.1 Å². The van der Waals surface area contributed by atoms with Gasteiger partial charge < -0.3 is 0 Å². The molecule has 1 rings (SSSR count). The van der Waals surface area contributed by atoms with Gasteiger partial charge in [0, 0.05) is 22.0 Å². The summed E-state index contributed by atoms with van der Waals surface area (Å²) in [5, 5.41) is 10.6. The molecule has 0 spiro atoms. The average molecular weight is 243 g/mol. The molecule has 0 saturated carbocycles. The molecule has 0 saturated heterocycles. The van der Waals surface area contributed by atoms with Gasteiger partial charge >= 0.3 is 0 Å². The second kappa shape index (κ2) is 3.87. The summed E-state index contributed by atoms with van der Waals surface area (Å²) in [6, 6.07) is 4.93. The predicted molar refractivity (Wildman–Crippen MR) is 54.5 cm³/mol. The van der Waals surface area contributed by atoms with Gasteiger partial charge in [-0.25, -0.2) is 0 Å². The normalized spacial score (nSPS) is 10.5. The zero-order chi connectivity index (χ0) is 10.0. The van der Waals surface area contributed by atoms with Gasteiger partial charge in [-0.3, -0.25) is 10.1 Å². The third-order valence-corrected chi connectivity index (χ3v) is 2.19. The molecular weight excluding hydrogens is 234 g/mol. The largest absolute Gasteiger partial charge is 0.273 e. The molecule has 13 heavy (non-hydrogen) atoms. The Morgan fingerprint density at radius 1 is 1.46 bits per heavy atom. The summed E-state index contributed by atoms with van der Waals surface area (Å²) in [6.45, 7) is 3.71. The van der Waals surface area contributed by atoms with Gasteiger partial charge in [-0.05, 0) is 12.1 Å². The molecule has 4 heteroatoms. The highest BCUT2D eigenvalue weighted by Gasteiger charge is 2.16. The highest BCUT2D eigenvalue weighted by atomic mass is 79.9.